The molecular weight excluding hydrogens is 330 g/mol. The van der Waals surface area contributed by atoms with Crippen LogP contribution >= 0.6 is 0 Å². The predicted molar refractivity (Wildman–Crippen MR) is 97.9 cm³/mol. The second-order valence-corrected chi connectivity index (χ2v) is 6.57. The summed E-state index contributed by atoms with van der Waals surface area (Å²) in [5.74, 6) is 0.100. The zero-order valence-electron chi connectivity index (χ0n) is 15.2. The lowest BCUT2D eigenvalue weighted by atomic mass is 10.1. The van der Waals surface area contributed by atoms with Crippen LogP contribution in [0.2, 0.25) is 0 Å². The fourth-order valence-corrected chi connectivity index (χ4v) is 3.28. The first kappa shape index (κ1) is 18.1. The lowest BCUT2D eigenvalue weighted by Crippen LogP contribution is -2.35. The molecule has 1 atom stereocenters. The predicted octanol–water partition coefficient (Wildman–Crippen LogP) is 1.12. The van der Waals surface area contributed by atoms with E-state index in [2.05, 4.69) is 15.7 Å². The Balaban J connectivity index is 1.65. The Hall–Kier alpha value is -2.67. The molecule has 0 spiro atoms. The first-order chi connectivity index (χ1) is 12.6. The van der Waals surface area contributed by atoms with Crippen molar-refractivity contribution in [2.24, 2.45) is 7.05 Å². The van der Waals surface area contributed by atoms with Crippen LogP contribution in [0.15, 0.2) is 36.7 Å². The Kier molecular flexibility index (Phi) is 5.68. The first-order valence-electron chi connectivity index (χ1n) is 8.86. The number of nitrogens with zero attached hydrogens (tertiary/aromatic N) is 3. The second kappa shape index (κ2) is 8.14. The number of amides is 2. The van der Waals surface area contributed by atoms with Gasteiger partial charge in [0.05, 0.1) is 6.20 Å². The van der Waals surface area contributed by atoms with Gasteiger partial charge >= 0.3 is 0 Å². The SMILES string of the molecule is CNC(C(=O)NCc1ccccc1CN1CCCC1=O)c1cnn(C)c1. The third kappa shape index (κ3) is 4.11. The molecule has 2 amide bonds. The molecule has 2 N–H and O–H groups in total. The number of carbonyl (C=O) groups is 2. The van der Waals surface area contributed by atoms with Crippen LogP contribution in [-0.2, 0) is 29.7 Å². The zero-order valence-corrected chi connectivity index (χ0v) is 15.2. The van der Waals surface area contributed by atoms with Crippen molar-refractivity contribution in [2.75, 3.05) is 13.6 Å². The molecule has 2 heterocycles. The quantitative estimate of drug-likeness (QED) is 0.780. The maximum absolute atomic E-state index is 12.6. The number of aromatic nitrogens is 2. The van der Waals surface area contributed by atoms with Crippen LogP contribution < -0.4 is 10.6 Å². The summed E-state index contributed by atoms with van der Waals surface area (Å²) in [6.45, 7) is 1.83. The van der Waals surface area contributed by atoms with E-state index < -0.39 is 6.04 Å². The second-order valence-electron chi connectivity index (χ2n) is 6.57. The number of benzene rings is 1. The average molecular weight is 355 g/mol. The van der Waals surface area contributed by atoms with E-state index in [9.17, 15) is 9.59 Å². The number of carbonyl (C=O) groups excluding carboxylic acids is 2. The van der Waals surface area contributed by atoms with E-state index in [0.29, 0.717) is 19.5 Å². The van der Waals surface area contributed by atoms with Gasteiger partial charge in [0, 0.05) is 44.9 Å². The van der Waals surface area contributed by atoms with Gasteiger partial charge in [0.15, 0.2) is 0 Å². The smallest absolute Gasteiger partial charge is 0.242 e. The molecule has 7 heteroatoms. The third-order valence-electron chi connectivity index (χ3n) is 4.71. The largest absolute Gasteiger partial charge is 0.350 e. The molecule has 7 nitrogen and oxygen atoms in total. The summed E-state index contributed by atoms with van der Waals surface area (Å²) in [5.41, 5.74) is 2.93. The van der Waals surface area contributed by atoms with Crippen LogP contribution in [0.5, 0.6) is 0 Å². The van der Waals surface area contributed by atoms with Crippen molar-refractivity contribution in [2.45, 2.75) is 32.0 Å². The highest BCUT2D eigenvalue weighted by Crippen LogP contribution is 2.18. The fraction of sp³-hybridized carbons (Fsp3) is 0.421. The summed E-state index contributed by atoms with van der Waals surface area (Å²) in [7, 11) is 3.58. The average Bonchev–Trinajstić information content (AvgIpc) is 3.23. The van der Waals surface area contributed by atoms with Crippen molar-refractivity contribution in [3.8, 4) is 0 Å². The monoisotopic (exact) mass is 355 g/mol. The Bertz CT molecular complexity index is 786. The molecule has 2 aromatic rings. The van der Waals surface area contributed by atoms with E-state index in [1.54, 1.807) is 17.9 Å². The van der Waals surface area contributed by atoms with Gasteiger partial charge in [-0.1, -0.05) is 24.3 Å². The van der Waals surface area contributed by atoms with Crippen molar-refractivity contribution in [3.05, 3.63) is 53.3 Å². The van der Waals surface area contributed by atoms with Gasteiger partial charge in [-0.2, -0.15) is 5.10 Å². The molecule has 1 unspecified atom stereocenters. The van der Waals surface area contributed by atoms with Gasteiger partial charge in [0.2, 0.25) is 11.8 Å². The van der Waals surface area contributed by atoms with Crippen LogP contribution in [0.25, 0.3) is 0 Å². The van der Waals surface area contributed by atoms with E-state index in [-0.39, 0.29) is 11.8 Å². The molecule has 1 saturated heterocycles. The van der Waals surface area contributed by atoms with Crippen LogP contribution in [0.3, 0.4) is 0 Å². The minimum atomic E-state index is -0.448. The van der Waals surface area contributed by atoms with Crippen LogP contribution in [0.1, 0.15) is 35.6 Å². The summed E-state index contributed by atoms with van der Waals surface area (Å²) in [4.78, 5) is 26.4. The Morgan fingerprint density at radius 3 is 2.69 bits per heavy atom. The van der Waals surface area contributed by atoms with Crippen LogP contribution in [-0.4, -0.2) is 40.1 Å². The molecule has 1 aromatic carbocycles. The molecular formula is C19H25N5O2. The molecule has 1 aliphatic heterocycles. The number of rotatable bonds is 7. The number of hydrogen-bond acceptors (Lipinski definition) is 4. The van der Waals surface area contributed by atoms with Gasteiger partial charge in [-0.25, -0.2) is 0 Å². The number of nitrogens with one attached hydrogen (secondary N) is 2. The van der Waals surface area contributed by atoms with E-state index in [1.165, 1.54) is 0 Å². The number of aryl methyl sites for hydroxylation is 1. The van der Waals surface area contributed by atoms with Gasteiger partial charge in [-0.3, -0.25) is 14.3 Å². The third-order valence-corrected chi connectivity index (χ3v) is 4.71. The molecule has 0 bridgehead atoms. The van der Waals surface area contributed by atoms with E-state index >= 15 is 0 Å². The zero-order chi connectivity index (χ0) is 18.5. The lowest BCUT2D eigenvalue weighted by molar-refractivity contribution is -0.128. The Labute approximate surface area is 153 Å². The molecule has 0 aliphatic carbocycles. The summed E-state index contributed by atoms with van der Waals surface area (Å²) >= 11 is 0. The topological polar surface area (TPSA) is 79.3 Å². The summed E-state index contributed by atoms with van der Waals surface area (Å²) in [6, 6.07) is 7.48. The summed E-state index contributed by atoms with van der Waals surface area (Å²) < 4.78 is 1.68. The first-order valence-corrected chi connectivity index (χ1v) is 8.86. The highest BCUT2D eigenvalue weighted by Gasteiger charge is 2.22. The maximum Gasteiger partial charge on any atom is 0.242 e. The molecule has 1 fully saturated rings. The Morgan fingerprint density at radius 1 is 1.31 bits per heavy atom. The summed E-state index contributed by atoms with van der Waals surface area (Å²) in [6.07, 6.45) is 5.07. The Morgan fingerprint density at radius 2 is 2.08 bits per heavy atom. The van der Waals surface area contributed by atoms with Gasteiger partial charge < -0.3 is 15.5 Å². The molecule has 26 heavy (non-hydrogen) atoms. The van der Waals surface area contributed by atoms with Crippen molar-refractivity contribution in [3.63, 3.8) is 0 Å². The molecule has 0 saturated carbocycles. The van der Waals surface area contributed by atoms with E-state index in [1.807, 2.05) is 42.4 Å². The van der Waals surface area contributed by atoms with Crippen molar-refractivity contribution < 1.29 is 9.59 Å². The molecule has 1 aliphatic rings. The molecule has 3 rings (SSSR count). The normalized spacial score (nSPS) is 15.3. The van der Waals surface area contributed by atoms with Gasteiger partial charge in [-0.15, -0.1) is 0 Å². The van der Waals surface area contributed by atoms with Gasteiger partial charge in [-0.05, 0) is 24.6 Å². The van der Waals surface area contributed by atoms with Crippen molar-refractivity contribution in [1.29, 1.82) is 0 Å². The molecule has 1 aromatic heterocycles. The fourth-order valence-electron chi connectivity index (χ4n) is 3.28. The van der Waals surface area contributed by atoms with Crippen LogP contribution in [0, 0.1) is 0 Å². The van der Waals surface area contributed by atoms with Gasteiger partial charge in [0.1, 0.15) is 6.04 Å². The van der Waals surface area contributed by atoms with E-state index in [0.717, 1.165) is 29.7 Å². The van der Waals surface area contributed by atoms with Crippen molar-refractivity contribution in [1.82, 2.24) is 25.3 Å². The number of hydrogen-bond donors (Lipinski definition) is 2. The summed E-state index contributed by atoms with van der Waals surface area (Å²) in [5, 5.41) is 10.1. The van der Waals surface area contributed by atoms with Gasteiger partial charge in [0.25, 0.3) is 0 Å². The molecule has 138 valence electrons. The highest BCUT2D eigenvalue weighted by molar-refractivity contribution is 5.83. The minimum absolute atomic E-state index is 0.104. The van der Waals surface area contributed by atoms with Crippen LogP contribution in [0.4, 0.5) is 0 Å². The number of likely N-dealkylation sites (N-methyl/N-ethyl adjacent to an activating group) is 1. The minimum Gasteiger partial charge on any atom is -0.350 e. The van der Waals surface area contributed by atoms with Crippen molar-refractivity contribution >= 4 is 11.8 Å². The molecule has 0 radical (unpaired) electrons. The van der Waals surface area contributed by atoms with E-state index in [4.69, 9.17) is 0 Å². The maximum atomic E-state index is 12.6. The lowest BCUT2D eigenvalue weighted by Gasteiger charge is -2.19. The highest BCUT2D eigenvalue weighted by atomic mass is 16.2. The number of likely N-dealkylation sites (tertiary alicyclic amines) is 1. The standard InChI is InChI=1S/C19H25N5O2/c1-20-18(16-11-22-23(2)12-16)19(26)21-10-14-6-3-4-7-15(14)13-24-9-5-8-17(24)25/h3-4,6-7,11-12,18,20H,5,8-10,13H2,1-2H3,(H,21,26).